The van der Waals surface area contributed by atoms with Crippen molar-refractivity contribution in [2.24, 2.45) is 5.73 Å². The number of hydrogen-bond acceptors (Lipinski definition) is 2. The summed E-state index contributed by atoms with van der Waals surface area (Å²) in [6.07, 6.45) is 0.632. The van der Waals surface area contributed by atoms with Crippen molar-refractivity contribution in [3.05, 3.63) is 71.0 Å². The third kappa shape index (κ3) is 5.43. The summed E-state index contributed by atoms with van der Waals surface area (Å²) in [5.74, 6) is -0.453. The molecule has 0 spiro atoms. The van der Waals surface area contributed by atoms with E-state index in [1.165, 1.54) is 12.1 Å². The summed E-state index contributed by atoms with van der Waals surface area (Å²) in [6, 6.07) is 12.5. The maximum atomic E-state index is 12.8. The van der Waals surface area contributed by atoms with Gasteiger partial charge in [0.25, 0.3) is 5.91 Å². The lowest BCUT2D eigenvalue weighted by Gasteiger charge is -2.07. The molecule has 2 aromatic carbocycles. The minimum atomic E-state index is -0.590. The first kappa shape index (κ1) is 16.5. The predicted molar refractivity (Wildman–Crippen MR) is 85.3 cm³/mol. The van der Waals surface area contributed by atoms with Gasteiger partial charge in [0.05, 0.1) is 0 Å². The molecule has 4 N–H and O–H groups in total. The van der Waals surface area contributed by atoms with Crippen molar-refractivity contribution in [2.75, 3.05) is 6.54 Å². The van der Waals surface area contributed by atoms with Crippen molar-refractivity contribution in [1.29, 1.82) is 0 Å². The van der Waals surface area contributed by atoms with Gasteiger partial charge in [0, 0.05) is 18.7 Å². The number of urea groups is 1. The van der Waals surface area contributed by atoms with Crippen LogP contribution in [0.25, 0.3) is 0 Å². The summed E-state index contributed by atoms with van der Waals surface area (Å²) in [7, 11) is 0. The van der Waals surface area contributed by atoms with Gasteiger partial charge in [-0.1, -0.05) is 24.3 Å². The fourth-order valence-corrected chi connectivity index (χ4v) is 2.04. The van der Waals surface area contributed by atoms with Crippen LogP contribution in [0.1, 0.15) is 21.5 Å². The Labute approximate surface area is 133 Å². The SMILES string of the molecule is NC(=O)NCc1ccc(C(=O)NCCc2ccc(F)cc2)cc1. The van der Waals surface area contributed by atoms with E-state index in [1.54, 1.807) is 36.4 Å². The number of rotatable bonds is 6. The van der Waals surface area contributed by atoms with Crippen LogP contribution in [0.3, 0.4) is 0 Å². The van der Waals surface area contributed by atoms with E-state index in [9.17, 15) is 14.0 Å². The Bertz CT molecular complexity index is 669. The minimum absolute atomic E-state index is 0.179. The summed E-state index contributed by atoms with van der Waals surface area (Å²) in [4.78, 5) is 22.6. The van der Waals surface area contributed by atoms with E-state index in [0.717, 1.165) is 11.1 Å². The molecule has 0 aliphatic rings. The third-order valence-electron chi connectivity index (χ3n) is 3.30. The highest BCUT2D eigenvalue weighted by Crippen LogP contribution is 2.05. The largest absolute Gasteiger partial charge is 0.352 e. The Balaban J connectivity index is 1.81. The Hall–Kier alpha value is -2.89. The molecule has 120 valence electrons. The van der Waals surface area contributed by atoms with E-state index in [0.29, 0.717) is 25.1 Å². The number of benzene rings is 2. The van der Waals surface area contributed by atoms with Crippen molar-refractivity contribution in [2.45, 2.75) is 13.0 Å². The molecule has 0 unspecified atom stereocenters. The molecule has 3 amide bonds. The summed E-state index contributed by atoms with van der Waals surface area (Å²) < 4.78 is 12.8. The van der Waals surface area contributed by atoms with Crippen molar-refractivity contribution >= 4 is 11.9 Å². The molecule has 2 rings (SSSR count). The summed E-state index contributed by atoms with van der Waals surface area (Å²) in [5.41, 5.74) is 7.34. The Morgan fingerprint density at radius 2 is 1.52 bits per heavy atom. The number of halogens is 1. The molecule has 0 aliphatic heterocycles. The van der Waals surface area contributed by atoms with Gasteiger partial charge in [-0.3, -0.25) is 4.79 Å². The molecule has 6 heteroatoms. The fraction of sp³-hybridized carbons (Fsp3) is 0.176. The van der Waals surface area contributed by atoms with Crippen LogP contribution in [0, 0.1) is 5.82 Å². The van der Waals surface area contributed by atoms with E-state index < -0.39 is 6.03 Å². The molecule has 0 aliphatic carbocycles. The smallest absolute Gasteiger partial charge is 0.312 e. The first-order chi connectivity index (χ1) is 11.0. The zero-order valence-electron chi connectivity index (χ0n) is 12.5. The molecular weight excluding hydrogens is 297 g/mol. The van der Waals surface area contributed by atoms with Gasteiger partial charge in [-0.05, 0) is 41.8 Å². The average molecular weight is 315 g/mol. The molecule has 0 radical (unpaired) electrons. The summed E-state index contributed by atoms with van der Waals surface area (Å²) in [5, 5.41) is 5.29. The molecule has 23 heavy (non-hydrogen) atoms. The van der Waals surface area contributed by atoms with Crippen molar-refractivity contribution in [3.8, 4) is 0 Å². The maximum Gasteiger partial charge on any atom is 0.312 e. The number of carbonyl (C=O) groups excluding carboxylic acids is 2. The predicted octanol–water partition coefficient (Wildman–Crippen LogP) is 1.97. The highest BCUT2D eigenvalue weighted by Gasteiger charge is 2.05. The van der Waals surface area contributed by atoms with Gasteiger partial charge in [-0.15, -0.1) is 0 Å². The van der Waals surface area contributed by atoms with Gasteiger partial charge < -0.3 is 16.4 Å². The molecule has 0 fully saturated rings. The Morgan fingerprint density at radius 1 is 0.913 bits per heavy atom. The van der Waals surface area contributed by atoms with Crippen molar-refractivity contribution in [1.82, 2.24) is 10.6 Å². The molecule has 0 bridgehead atoms. The number of amides is 3. The molecule has 2 aromatic rings. The second-order valence-corrected chi connectivity index (χ2v) is 5.05. The van der Waals surface area contributed by atoms with Gasteiger partial charge in [0.1, 0.15) is 5.82 Å². The van der Waals surface area contributed by atoms with Crippen LogP contribution in [0.5, 0.6) is 0 Å². The maximum absolute atomic E-state index is 12.8. The lowest BCUT2D eigenvalue weighted by molar-refractivity contribution is 0.0954. The van der Waals surface area contributed by atoms with Gasteiger partial charge >= 0.3 is 6.03 Å². The molecule has 0 atom stereocenters. The number of nitrogens with two attached hydrogens (primary N) is 1. The zero-order chi connectivity index (χ0) is 16.7. The van der Waals surface area contributed by atoms with Crippen molar-refractivity contribution in [3.63, 3.8) is 0 Å². The van der Waals surface area contributed by atoms with Crippen LogP contribution >= 0.6 is 0 Å². The molecule has 0 saturated carbocycles. The van der Waals surface area contributed by atoms with E-state index >= 15 is 0 Å². The van der Waals surface area contributed by atoms with Crippen LogP contribution in [-0.2, 0) is 13.0 Å². The van der Waals surface area contributed by atoms with Crippen LogP contribution in [0.4, 0.5) is 9.18 Å². The van der Waals surface area contributed by atoms with Crippen LogP contribution in [0.15, 0.2) is 48.5 Å². The lowest BCUT2D eigenvalue weighted by atomic mass is 10.1. The average Bonchev–Trinajstić information content (AvgIpc) is 2.55. The van der Waals surface area contributed by atoms with Crippen LogP contribution in [-0.4, -0.2) is 18.5 Å². The highest BCUT2D eigenvalue weighted by molar-refractivity contribution is 5.94. The molecular formula is C17H18FN3O2. The molecule has 0 saturated heterocycles. The highest BCUT2D eigenvalue weighted by atomic mass is 19.1. The molecule has 0 aromatic heterocycles. The lowest BCUT2D eigenvalue weighted by Crippen LogP contribution is -2.28. The quantitative estimate of drug-likeness (QED) is 0.761. The Kier molecular flexibility index (Phi) is 5.68. The number of carbonyl (C=O) groups is 2. The van der Waals surface area contributed by atoms with Gasteiger partial charge in [-0.2, -0.15) is 0 Å². The molecule has 5 nitrogen and oxygen atoms in total. The first-order valence-corrected chi connectivity index (χ1v) is 7.19. The van der Waals surface area contributed by atoms with E-state index in [4.69, 9.17) is 5.73 Å². The normalized spacial score (nSPS) is 10.1. The van der Waals surface area contributed by atoms with Gasteiger partial charge in [0.2, 0.25) is 0 Å². The number of nitrogens with one attached hydrogen (secondary N) is 2. The zero-order valence-corrected chi connectivity index (χ0v) is 12.5. The minimum Gasteiger partial charge on any atom is -0.352 e. The van der Waals surface area contributed by atoms with Gasteiger partial charge in [-0.25, -0.2) is 9.18 Å². The number of primary amides is 1. The fourth-order valence-electron chi connectivity index (χ4n) is 2.04. The monoisotopic (exact) mass is 315 g/mol. The number of hydrogen-bond donors (Lipinski definition) is 3. The summed E-state index contributed by atoms with van der Waals surface area (Å²) >= 11 is 0. The van der Waals surface area contributed by atoms with Crippen LogP contribution in [0.2, 0.25) is 0 Å². The standard InChI is InChI=1S/C17H18FN3O2/c18-15-7-3-12(4-8-15)9-10-20-16(22)14-5-1-13(2-6-14)11-21-17(19)23/h1-8H,9-11H2,(H,20,22)(H3,19,21,23). The van der Waals surface area contributed by atoms with Crippen molar-refractivity contribution < 1.29 is 14.0 Å². The summed E-state index contributed by atoms with van der Waals surface area (Å²) in [6.45, 7) is 0.789. The second-order valence-electron chi connectivity index (χ2n) is 5.05. The Morgan fingerprint density at radius 3 is 2.13 bits per heavy atom. The van der Waals surface area contributed by atoms with E-state index in [1.807, 2.05) is 0 Å². The second kappa shape index (κ2) is 7.93. The first-order valence-electron chi connectivity index (χ1n) is 7.19. The third-order valence-corrected chi connectivity index (χ3v) is 3.30. The van der Waals surface area contributed by atoms with E-state index in [2.05, 4.69) is 10.6 Å². The van der Waals surface area contributed by atoms with Gasteiger partial charge in [0.15, 0.2) is 0 Å². The topological polar surface area (TPSA) is 84.2 Å². The molecule has 0 heterocycles. The van der Waals surface area contributed by atoms with Crippen LogP contribution < -0.4 is 16.4 Å². The van der Waals surface area contributed by atoms with E-state index in [-0.39, 0.29) is 11.7 Å².